The van der Waals surface area contributed by atoms with Gasteiger partial charge in [-0.25, -0.2) is 4.98 Å². The van der Waals surface area contributed by atoms with Gasteiger partial charge in [-0.2, -0.15) is 21.6 Å². The van der Waals surface area contributed by atoms with Gasteiger partial charge >= 0.3 is 16.7 Å². The average molecular weight is 450 g/mol. The fourth-order valence-corrected chi connectivity index (χ4v) is 3.72. The van der Waals surface area contributed by atoms with Crippen LogP contribution < -0.4 is 0 Å². The number of aromatic nitrogens is 3. The van der Waals surface area contributed by atoms with Crippen LogP contribution >= 0.6 is 0 Å². The maximum atomic E-state index is 13.6. The lowest BCUT2D eigenvalue weighted by molar-refractivity contribution is -0.141. The molecule has 0 spiro atoms. The third-order valence-corrected chi connectivity index (χ3v) is 5.13. The van der Waals surface area contributed by atoms with Gasteiger partial charge in [0.05, 0.1) is 0 Å². The van der Waals surface area contributed by atoms with Gasteiger partial charge in [-0.3, -0.25) is 9.78 Å². The fourth-order valence-electron chi connectivity index (χ4n) is 3.44. The normalized spacial score (nSPS) is 13.5. The highest BCUT2D eigenvalue weighted by molar-refractivity contribution is 7.62. The topological polar surface area (TPSA) is 94.3 Å². The number of alkyl halides is 3. The summed E-state index contributed by atoms with van der Waals surface area (Å²) < 4.78 is 67.3. The lowest BCUT2D eigenvalue weighted by Gasteiger charge is -2.32. The molecule has 0 bridgehead atoms. The molecule has 7 nitrogen and oxygen atoms in total. The molecule has 0 N–H and O–H groups in total. The van der Waals surface area contributed by atoms with E-state index in [9.17, 15) is 26.4 Å². The monoisotopic (exact) mass is 450 g/mol. The van der Waals surface area contributed by atoms with Crippen LogP contribution in [0.15, 0.2) is 59.4 Å². The molecule has 1 amide bonds. The average Bonchev–Trinajstić information content (AvgIpc) is 3.16. The number of amides is 1. The van der Waals surface area contributed by atoms with Crippen molar-refractivity contribution in [3.63, 3.8) is 0 Å². The third kappa shape index (κ3) is 4.26. The molecule has 0 fully saturated rings. The second kappa shape index (κ2) is 8.42. The smallest absolute Gasteiger partial charge is 0.311 e. The number of hydrogen-bond donors (Lipinski definition) is 0. The highest BCUT2D eigenvalue weighted by atomic mass is 32.2. The van der Waals surface area contributed by atoms with E-state index >= 15 is 0 Å². The predicted octanol–water partition coefficient (Wildman–Crippen LogP) is 4.02. The Bertz CT molecular complexity index is 1250. The Labute approximate surface area is 177 Å². The van der Waals surface area contributed by atoms with E-state index in [0.29, 0.717) is 11.8 Å². The Balaban J connectivity index is 2.45. The summed E-state index contributed by atoms with van der Waals surface area (Å²) in [5.74, 6) is -1.32. The predicted molar refractivity (Wildman–Crippen MR) is 105 cm³/mol. The second-order valence-corrected chi connectivity index (χ2v) is 7.38. The van der Waals surface area contributed by atoms with E-state index in [-0.39, 0.29) is 23.4 Å². The number of carbonyl (C=O) groups excluding carboxylic acids is 1. The van der Waals surface area contributed by atoms with Gasteiger partial charge in [-0.1, -0.05) is 41.6 Å². The Morgan fingerprint density at radius 3 is 2.39 bits per heavy atom. The van der Waals surface area contributed by atoms with Crippen LogP contribution in [-0.2, 0) is 27.0 Å². The number of pyridine rings is 1. The van der Waals surface area contributed by atoms with E-state index in [4.69, 9.17) is 0 Å². The Morgan fingerprint density at radius 2 is 1.84 bits per heavy atom. The van der Waals surface area contributed by atoms with Crippen LogP contribution in [-0.4, -0.2) is 28.9 Å². The van der Waals surface area contributed by atoms with Crippen LogP contribution in [0.2, 0.25) is 0 Å². The van der Waals surface area contributed by atoms with Crippen molar-refractivity contribution in [3.05, 3.63) is 71.8 Å². The molecular weight excluding hydrogens is 433 g/mol. The van der Waals surface area contributed by atoms with E-state index in [2.05, 4.69) is 14.3 Å². The van der Waals surface area contributed by atoms with E-state index < -0.39 is 33.8 Å². The summed E-state index contributed by atoms with van der Waals surface area (Å²) in [5.41, 5.74) is -1.94. The summed E-state index contributed by atoms with van der Waals surface area (Å²) in [6.45, 7) is 3.26. The van der Waals surface area contributed by atoms with Crippen molar-refractivity contribution in [2.45, 2.75) is 32.0 Å². The van der Waals surface area contributed by atoms with Crippen molar-refractivity contribution < 1.29 is 26.4 Å². The summed E-state index contributed by atoms with van der Waals surface area (Å²) in [6, 6.07) is 9.47. The van der Waals surface area contributed by atoms with Gasteiger partial charge in [-0.05, 0) is 30.5 Å². The first-order chi connectivity index (χ1) is 14.6. The number of benzene rings is 1. The van der Waals surface area contributed by atoms with E-state index in [1.165, 1.54) is 24.5 Å². The van der Waals surface area contributed by atoms with Crippen LogP contribution in [0.3, 0.4) is 0 Å². The summed E-state index contributed by atoms with van der Waals surface area (Å²) in [5, 5.41) is 0. The van der Waals surface area contributed by atoms with Crippen molar-refractivity contribution in [2.24, 2.45) is 4.36 Å². The highest BCUT2D eigenvalue weighted by Crippen LogP contribution is 2.39. The minimum absolute atomic E-state index is 0.0869. The highest BCUT2D eigenvalue weighted by Gasteiger charge is 2.45. The minimum Gasteiger partial charge on any atom is -0.311 e. The van der Waals surface area contributed by atoms with E-state index in [1.807, 2.05) is 0 Å². The molecule has 0 aliphatic heterocycles. The number of carbonyl (C=O) groups is 1. The van der Waals surface area contributed by atoms with Gasteiger partial charge in [0.2, 0.25) is 0 Å². The maximum absolute atomic E-state index is 13.6. The molecule has 31 heavy (non-hydrogen) atoms. The van der Waals surface area contributed by atoms with Crippen molar-refractivity contribution in [2.75, 3.05) is 0 Å². The molecular formula is C20H17F3N4O3S. The van der Waals surface area contributed by atoms with Gasteiger partial charge in [0.1, 0.15) is 5.82 Å². The summed E-state index contributed by atoms with van der Waals surface area (Å²) in [4.78, 5) is 20.9. The number of imidazole rings is 1. The Kier molecular flexibility index (Phi) is 6.07. The zero-order valence-corrected chi connectivity index (χ0v) is 17.3. The zero-order valence-electron chi connectivity index (χ0n) is 16.5. The maximum Gasteiger partial charge on any atom is 0.434 e. The summed E-state index contributed by atoms with van der Waals surface area (Å²) in [6.07, 6.45) is -1.34. The SMILES string of the molecule is CCC(C(=O)N=S(=O)=O)(c1ccccc1)n1cc(C(F)(F)F)nc1-c1cncc(C)c1. The minimum atomic E-state index is -4.80. The molecule has 0 saturated carbocycles. The molecule has 3 rings (SSSR count). The number of hydrogen-bond acceptors (Lipinski definition) is 5. The van der Waals surface area contributed by atoms with Crippen molar-refractivity contribution in [1.29, 1.82) is 0 Å². The molecule has 0 radical (unpaired) electrons. The van der Waals surface area contributed by atoms with Crippen molar-refractivity contribution in [1.82, 2.24) is 14.5 Å². The first kappa shape index (κ1) is 22.3. The number of rotatable bonds is 5. The molecule has 2 aromatic heterocycles. The number of halogens is 3. The van der Waals surface area contributed by atoms with Crippen LogP contribution in [0.5, 0.6) is 0 Å². The molecule has 11 heteroatoms. The third-order valence-electron chi connectivity index (χ3n) is 4.82. The van der Waals surface area contributed by atoms with E-state index in [0.717, 1.165) is 4.57 Å². The molecule has 1 unspecified atom stereocenters. The second-order valence-electron chi connectivity index (χ2n) is 6.76. The van der Waals surface area contributed by atoms with Gasteiger partial charge < -0.3 is 4.57 Å². The van der Waals surface area contributed by atoms with Gasteiger partial charge in [-0.15, -0.1) is 0 Å². The van der Waals surface area contributed by atoms with Crippen LogP contribution in [0, 0.1) is 6.92 Å². The summed E-state index contributed by atoms with van der Waals surface area (Å²) >= 11 is 0. The van der Waals surface area contributed by atoms with Crippen molar-refractivity contribution >= 4 is 16.4 Å². The quantitative estimate of drug-likeness (QED) is 0.585. The Morgan fingerprint density at radius 1 is 1.16 bits per heavy atom. The lowest BCUT2D eigenvalue weighted by atomic mass is 9.85. The Hall–Kier alpha value is -3.34. The molecule has 2 heterocycles. The number of aryl methyl sites for hydroxylation is 1. The molecule has 162 valence electrons. The van der Waals surface area contributed by atoms with Crippen LogP contribution in [0.4, 0.5) is 13.2 Å². The van der Waals surface area contributed by atoms with Gasteiger partial charge in [0.15, 0.2) is 11.2 Å². The fraction of sp³-hybridized carbons (Fsp3) is 0.250. The molecule has 3 aromatic rings. The zero-order chi connectivity index (χ0) is 22.8. The first-order valence-corrected chi connectivity index (χ1v) is 10.1. The van der Waals surface area contributed by atoms with Gasteiger partial charge in [0.25, 0.3) is 5.91 Å². The molecule has 0 aliphatic rings. The van der Waals surface area contributed by atoms with Gasteiger partial charge in [0, 0.05) is 24.2 Å². The van der Waals surface area contributed by atoms with Crippen LogP contribution in [0.1, 0.15) is 30.2 Å². The van der Waals surface area contributed by atoms with Crippen LogP contribution in [0.25, 0.3) is 11.4 Å². The first-order valence-electron chi connectivity index (χ1n) is 9.09. The number of nitrogens with zero attached hydrogens (tertiary/aromatic N) is 4. The molecule has 0 saturated heterocycles. The molecule has 1 aromatic carbocycles. The van der Waals surface area contributed by atoms with Crippen molar-refractivity contribution in [3.8, 4) is 11.4 Å². The molecule has 0 aliphatic carbocycles. The van der Waals surface area contributed by atoms with E-state index in [1.54, 1.807) is 38.1 Å². The lowest BCUT2D eigenvalue weighted by Crippen LogP contribution is -2.42. The molecule has 1 atom stereocenters. The standard InChI is InChI=1S/C20H17F3N4O3S/c1-3-19(18(28)26-31(29)30,15-7-5-4-6-8-15)27-12-16(20(21,22)23)25-17(27)14-9-13(2)10-24-11-14/h4-12H,3H2,1-2H3. The largest absolute Gasteiger partial charge is 0.434 e. The summed E-state index contributed by atoms with van der Waals surface area (Å²) in [7, 11) is -3.10.